The molecule has 1 saturated carbocycles. The van der Waals surface area contributed by atoms with Gasteiger partial charge in [0.2, 0.25) is 0 Å². The van der Waals surface area contributed by atoms with Crippen LogP contribution in [0.1, 0.15) is 45.8 Å². The van der Waals surface area contributed by atoms with Gasteiger partial charge in [0.15, 0.2) is 0 Å². The molecule has 1 fully saturated rings. The van der Waals surface area contributed by atoms with Crippen molar-refractivity contribution in [2.24, 2.45) is 0 Å². The molecule has 1 aliphatic carbocycles. The zero-order chi connectivity index (χ0) is 34.0. The highest BCUT2D eigenvalue weighted by atomic mass is 19.1. The molecule has 48 heavy (non-hydrogen) atoms. The van der Waals surface area contributed by atoms with Crippen LogP contribution in [0.3, 0.4) is 0 Å². The number of hydrogen-bond donors (Lipinski definition) is 4. The fourth-order valence-corrected chi connectivity index (χ4v) is 5.18. The van der Waals surface area contributed by atoms with Gasteiger partial charge in [0.25, 0.3) is 11.7 Å². The van der Waals surface area contributed by atoms with Gasteiger partial charge in [0, 0.05) is 47.9 Å². The molecule has 4 N–H and O–H groups in total. The maximum atomic E-state index is 13.6. The molecule has 0 aliphatic heterocycles. The number of furan rings is 1. The number of carboxylic acids is 1. The van der Waals surface area contributed by atoms with Crippen LogP contribution in [0.15, 0.2) is 71.2 Å². The van der Waals surface area contributed by atoms with E-state index in [1.807, 2.05) is 12.1 Å². The van der Waals surface area contributed by atoms with Gasteiger partial charge in [-0.05, 0) is 66.3 Å². The maximum Gasteiger partial charge on any atom is 0.376 e. The first-order valence-corrected chi connectivity index (χ1v) is 15.6. The van der Waals surface area contributed by atoms with Crippen LogP contribution in [-0.2, 0) is 30.4 Å². The van der Waals surface area contributed by atoms with E-state index in [1.54, 1.807) is 43.4 Å². The minimum absolute atomic E-state index is 0.243. The van der Waals surface area contributed by atoms with Crippen LogP contribution >= 0.6 is 0 Å². The van der Waals surface area contributed by atoms with Gasteiger partial charge in [0.1, 0.15) is 22.9 Å². The van der Waals surface area contributed by atoms with Gasteiger partial charge in [-0.25, -0.2) is 9.18 Å². The minimum Gasteiger partial charge on any atom is -0.507 e. The Labute approximate surface area is 276 Å². The van der Waals surface area contributed by atoms with Crippen molar-refractivity contribution >= 4 is 40.1 Å². The summed E-state index contributed by atoms with van der Waals surface area (Å²) < 4.78 is 36.7. The average Bonchev–Trinajstić information content (AvgIpc) is 3.87. The Bertz CT molecular complexity index is 1800. The Hall–Kier alpha value is -5.04. The second-order valence-corrected chi connectivity index (χ2v) is 11.2. The number of amides is 1. The van der Waals surface area contributed by atoms with E-state index in [9.17, 15) is 23.9 Å². The van der Waals surface area contributed by atoms with E-state index < -0.39 is 17.5 Å². The molecule has 0 radical (unpaired) electrons. The number of carbonyl (C=O) groups is 3. The predicted octanol–water partition coefficient (Wildman–Crippen LogP) is 5.69. The van der Waals surface area contributed by atoms with Gasteiger partial charge in [-0.1, -0.05) is 18.2 Å². The molecule has 5 rings (SSSR count). The number of ketones is 1. The van der Waals surface area contributed by atoms with Crippen molar-refractivity contribution in [1.29, 1.82) is 0 Å². The van der Waals surface area contributed by atoms with Crippen molar-refractivity contribution < 1.29 is 47.6 Å². The van der Waals surface area contributed by atoms with Crippen molar-refractivity contribution in [1.82, 2.24) is 5.32 Å². The molecule has 4 aromatic rings. The molecule has 252 valence electrons. The summed E-state index contributed by atoms with van der Waals surface area (Å²) in [4.78, 5) is 34.9. The number of hydrogen-bond acceptors (Lipinski definition) is 9. The molecule has 0 unspecified atom stereocenters. The summed E-state index contributed by atoms with van der Waals surface area (Å²) in [7, 11) is 1.57. The van der Waals surface area contributed by atoms with Crippen LogP contribution in [0, 0.1) is 5.82 Å². The van der Waals surface area contributed by atoms with E-state index in [-0.39, 0.29) is 18.3 Å². The van der Waals surface area contributed by atoms with Crippen LogP contribution in [0.25, 0.3) is 28.1 Å². The van der Waals surface area contributed by atoms with Crippen molar-refractivity contribution in [3.63, 3.8) is 0 Å². The molecule has 1 amide bonds. The normalized spacial score (nSPS) is 13.1. The Morgan fingerprint density at radius 1 is 0.938 bits per heavy atom. The van der Waals surface area contributed by atoms with Crippen LogP contribution < -0.4 is 10.6 Å². The third-order valence-corrected chi connectivity index (χ3v) is 7.71. The van der Waals surface area contributed by atoms with Gasteiger partial charge in [0.05, 0.1) is 45.2 Å². The number of aliphatic hydroxyl groups is 1. The molecular weight excluding hydrogens is 623 g/mol. The van der Waals surface area contributed by atoms with Crippen LogP contribution in [0.5, 0.6) is 0 Å². The average molecular weight is 661 g/mol. The number of nitrogens with one attached hydrogen (secondary N) is 2. The third-order valence-electron chi connectivity index (χ3n) is 7.71. The fraction of sp³-hybridized carbons (Fsp3) is 0.306. The highest BCUT2D eigenvalue weighted by molar-refractivity contribution is 6.38. The number of ether oxygens (including phenoxy) is 3. The van der Waals surface area contributed by atoms with Crippen LogP contribution in [0.2, 0.25) is 0 Å². The number of carboxylic acid groups (broad SMARTS) is 1. The van der Waals surface area contributed by atoms with E-state index in [1.165, 1.54) is 12.1 Å². The van der Waals surface area contributed by atoms with E-state index in [0.29, 0.717) is 85.0 Å². The fourth-order valence-electron chi connectivity index (χ4n) is 5.18. The van der Waals surface area contributed by atoms with Crippen molar-refractivity contribution in [2.75, 3.05) is 51.9 Å². The Balaban J connectivity index is 1.05. The first-order chi connectivity index (χ1) is 23.2. The number of rotatable bonds is 18. The van der Waals surface area contributed by atoms with E-state index in [0.717, 1.165) is 29.7 Å². The lowest BCUT2D eigenvalue weighted by molar-refractivity contribution is -0.146. The Morgan fingerprint density at radius 2 is 1.65 bits per heavy atom. The second-order valence-electron chi connectivity index (χ2n) is 11.2. The summed E-state index contributed by atoms with van der Waals surface area (Å²) in [6, 6.07) is 16.4. The van der Waals surface area contributed by atoms with Crippen molar-refractivity contribution in [3.05, 3.63) is 94.8 Å². The standard InChI is InChI=1S/C36H37FN2O9/c1-38-35(42)33-28-18-27(23-5-6-23)29(19-32(28)48-34(33)24-7-9-26(37)10-8-24)39-11-12-45-13-14-46-15-16-47-21-22-3-2-4-25(17-22)30(40)20-31(41)36(43)44/h2-4,7-10,17-20,23,39-40H,5-6,11-16,21H2,1H3,(H,38,42)(H,43,44). The quantitative estimate of drug-likeness (QED) is 0.0453. The maximum absolute atomic E-state index is 13.6. The zero-order valence-corrected chi connectivity index (χ0v) is 26.4. The summed E-state index contributed by atoms with van der Waals surface area (Å²) in [5, 5.41) is 25.5. The van der Waals surface area contributed by atoms with E-state index in [2.05, 4.69) is 10.6 Å². The lowest BCUT2D eigenvalue weighted by Gasteiger charge is -2.13. The van der Waals surface area contributed by atoms with Crippen LogP contribution in [-0.4, -0.2) is 74.5 Å². The van der Waals surface area contributed by atoms with Crippen LogP contribution in [0.4, 0.5) is 10.1 Å². The Kier molecular flexibility index (Phi) is 11.6. The van der Waals surface area contributed by atoms with E-state index in [4.69, 9.17) is 23.7 Å². The van der Waals surface area contributed by atoms with Gasteiger partial charge in [-0.2, -0.15) is 0 Å². The molecule has 0 bridgehead atoms. The summed E-state index contributed by atoms with van der Waals surface area (Å²) in [6.07, 6.45) is 2.80. The van der Waals surface area contributed by atoms with Gasteiger partial charge in [-0.15, -0.1) is 0 Å². The first-order valence-electron chi connectivity index (χ1n) is 15.6. The summed E-state index contributed by atoms with van der Waals surface area (Å²) >= 11 is 0. The smallest absolute Gasteiger partial charge is 0.376 e. The minimum atomic E-state index is -1.65. The second kappa shape index (κ2) is 16.2. The van der Waals surface area contributed by atoms with Crippen molar-refractivity contribution in [2.45, 2.75) is 25.4 Å². The zero-order valence-electron chi connectivity index (χ0n) is 26.4. The molecular formula is C36H37FN2O9. The topological polar surface area (TPSA) is 157 Å². The molecule has 3 aromatic carbocycles. The van der Waals surface area contributed by atoms with Gasteiger partial charge in [-0.3, -0.25) is 9.59 Å². The molecule has 11 nitrogen and oxygen atoms in total. The number of aliphatic carboxylic acids is 1. The number of fused-ring (bicyclic) bond motifs is 1. The lowest BCUT2D eigenvalue weighted by atomic mass is 10.0. The highest BCUT2D eigenvalue weighted by Gasteiger charge is 2.29. The number of aliphatic hydroxyl groups excluding tert-OH is 1. The Morgan fingerprint density at radius 3 is 2.33 bits per heavy atom. The van der Waals surface area contributed by atoms with Crippen molar-refractivity contribution in [3.8, 4) is 11.3 Å². The van der Waals surface area contributed by atoms with E-state index >= 15 is 0 Å². The van der Waals surface area contributed by atoms with Gasteiger partial charge < -0.3 is 39.5 Å². The summed E-state index contributed by atoms with van der Waals surface area (Å²) in [5.41, 5.74) is 4.70. The molecule has 12 heteroatoms. The van der Waals surface area contributed by atoms with Gasteiger partial charge >= 0.3 is 5.97 Å². The highest BCUT2D eigenvalue weighted by Crippen LogP contribution is 2.46. The molecule has 1 aliphatic rings. The third kappa shape index (κ3) is 8.85. The number of halogens is 1. The monoisotopic (exact) mass is 660 g/mol. The summed E-state index contributed by atoms with van der Waals surface area (Å²) in [6.45, 7) is 2.70. The number of carbonyl (C=O) groups excluding carboxylic acids is 2. The first kappa shape index (κ1) is 34.3. The molecule has 1 heterocycles. The molecule has 0 saturated heterocycles. The SMILES string of the molecule is CNC(=O)c1c(-c2ccc(F)cc2)oc2cc(NCCOCCOCCOCc3cccc(C(O)=CC(=O)C(=O)O)c3)c(C3CC3)cc12. The largest absolute Gasteiger partial charge is 0.507 e. The number of benzene rings is 3. The lowest BCUT2D eigenvalue weighted by Crippen LogP contribution is -2.18. The molecule has 1 aromatic heterocycles. The molecule has 0 atom stereocenters. The summed E-state index contributed by atoms with van der Waals surface area (Å²) in [5.74, 6) is -3.13. The predicted molar refractivity (Wildman–Crippen MR) is 176 cm³/mol. The number of anilines is 1. The molecule has 0 spiro atoms.